The predicted octanol–water partition coefficient (Wildman–Crippen LogP) is 3.63. The summed E-state index contributed by atoms with van der Waals surface area (Å²) in [5.74, 6) is 0.113. The van der Waals surface area contributed by atoms with Crippen molar-refractivity contribution in [1.29, 1.82) is 0 Å². The van der Waals surface area contributed by atoms with Crippen LogP contribution in [0.4, 0.5) is 11.6 Å². The lowest BCUT2D eigenvalue weighted by Gasteiger charge is -2.31. The number of hydrogen-bond acceptors (Lipinski definition) is 6. The average molecular weight is 377 g/mol. The van der Waals surface area contributed by atoms with E-state index in [4.69, 9.17) is 9.72 Å². The number of nitrogens with one attached hydrogen (secondary N) is 1. The Kier molecular flexibility index (Phi) is 4.37. The van der Waals surface area contributed by atoms with Crippen molar-refractivity contribution >= 4 is 17.6 Å². The van der Waals surface area contributed by atoms with Gasteiger partial charge in [-0.3, -0.25) is 4.68 Å². The Balaban J connectivity index is 1.83. The van der Waals surface area contributed by atoms with Crippen LogP contribution in [0, 0.1) is 0 Å². The van der Waals surface area contributed by atoms with Crippen molar-refractivity contribution in [3.05, 3.63) is 53.3 Å². The zero-order valence-corrected chi connectivity index (χ0v) is 16.5. The summed E-state index contributed by atoms with van der Waals surface area (Å²) in [7, 11) is 1.83. The highest BCUT2D eigenvalue weighted by Crippen LogP contribution is 2.44. The predicted molar refractivity (Wildman–Crippen MR) is 107 cm³/mol. The molecule has 0 amide bonds. The monoisotopic (exact) mass is 377 g/mol. The second-order valence-corrected chi connectivity index (χ2v) is 7.54. The smallest absolute Gasteiger partial charge is 0.359 e. The molecule has 1 aliphatic carbocycles. The maximum absolute atomic E-state index is 12.5. The van der Waals surface area contributed by atoms with Gasteiger partial charge in [0.05, 0.1) is 18.0 Å². The van der Waals surface area contributed by atoms with E-state index >= 15 is 0 Å². The highest BCUT2D eigenvalue weighted by molar-refractivity contribution is 5.92. The molecule has 28 heavy (non-hydrogen) atoms. The molecule has 0 bridgehead atoms. The number of nitrogens with zero attached hydrogens (tertiary/aromatic N) is 4. The Hall–Kier alpha value is -3.22. The standard InChI is InChI=1S/C21H23N5O2/c1-5-28-19(27)17-15-18(26(4)25-17)16-13(11-21(15,2)3)12-22-20(24-16)23-14-9-7-6-8-10-14/h6-10,12H,5,11H2,1-4H3,(H,22,23,24). The lowest BCUT2D eigenvalue weighted by molar-refractivity contribution is 0.0515. The molecule has 2 aromatic heterocycles. The number of esters is 1. The molecule has 0 fully saturated rings. The van der Waals surface area contributed by atoms with Gasteiger partial charge in [-0.15, -0.1) is 0 Å². The topological polar surface area (TPSA) is 81.9 Å². The Labute approximate surface area is 163 Å². The molecule has 0 radical (unpaired) electrons. The molecule has 0 spiro atoms. The molecule has 1 aromatic carbocycles. The molecular formula is C21H23N5O2. The fraction of sp³-hybridized carbons (Fsp3) is 0.333. The maximum Gasteiger partial charge on any atom is 0.359 e. The summed E-state index contributed by atoms with van der Waals surface area (Å²) in [4.78, 5) is 21.7. The summed E-state index contributed by atoms with van der Waals surface area (Å²) in [6.45, 7) is 6.32. The molecule has 1 aliphatic rings. The first-order chi connectivity index (χ1) is 13.4. The van der Waals surface area contributed by atoms with Gasteiger partial charge < -0.3 is 10.1 Å². The average Bonchev–Trinajstić information content (AvgIpc) is 3.02. The van der Waals surface area contributed by atoms with Crippen molar-refractivity contribution in [2.75, 3.05) is 11.9 Å². The van der Waals surface area contributed by atoms with Crippen molar-refractivity contribution in [2.24, 2.45) is 7.05 Å². The number of benzene rings is 1. The number of ether oxygens (including phenoxy) is 1. The van der Waals surface area contributed by atoms with Crippen LogP contribution >= 0.6 is 0 Å². The first-order valence-electron chi connectivity index (χ1n) is 9.33. The number of aryl methyl sites for hydroxylation is 1. The van der Waals surface area contributed by atoms with Crippen LogP contribution in [0.25, 0.3) is 11.4 Å². The van der Waals surface area contributed by atoms with Crippen molar-refractivity contribution in [3.63, 3.8) is 0 Å². The summed E-state index contributed by atoms with van der Waals surface area (Å²) in [6.07, 6.45) is 2.58. The van der Waals surface area contributed by atoms with Crippen molar-refractivity contribution in [3.8, 4) is 11.4 Å². The SMILES string of the molecule is CCOC(=O)c1nn(C)c2c1C(C)(C)Cc1cnc(Nc3ccccc3)nc1-2. The summed E-state index contributed by atoms with van der Waals surface area (Å²) in [5, 5.41) is 7.71. The third-order valence-corrected chi connectivity index (χ3v) is 4.94. The van der Waals surface area contributed by atoms with E-state index in [-0.39, 0.29) is 5.41 Å². The lowest BCUT2D eigenvalue weighted by atomic mass is 9.73. The molecule has 4 rings (SSSR count). The number of aromatic nitrogens is 4. The Morgan fingerprint density at radius 3 is 2.75 bits per heavy atom. The van der Waals surface area contributed by atoms with E-state index in [1.807, 2.05) is 43.6 Å². The summed E-state index contributed by atoms with van der Waals surface area (Å²) < 4.78 is 6.95. The van der Waals surface area contributed by atoms with E-state index in [0.717, 1.165) is 34.6 Å². The van der Waals surface area contributed by atoms with Crippen LogP contribution in [0.5, 0.6) is 0 Å². The quantitative estimate of drug-likeness (QED) is 0.699. The van der Waals surface area contributed by atoms with Gasteiger partial charge >= 0.3 is 5.97 Å². The van der Waals surface area contributed by atoms with Crippen LogP contribution in [0.3, 0.4) is 0 Å². The van der Waals surface area contributed by atoms with Gasteiger partial charge in [0, 0.05) is 24.5 Å². The van der Waals surface area contributed by atoms with Crippen molar-refractivity contribution in [2.45, 2.75) is 32.6 Å². The molecule has 0 saturated heterocycles. The highest BCUT2D eigenvalue weighted by atomic mass is 16.5. The normalized spacial score (nSPS) is 14.1. The number of fused-ring (bicyclic) bond motifs is 3. The molecule has 7 nitrogen and oxygen atoms in total. The Morgan fingerprint density at radius 1 is 1.29 bits per heavy atom. The fourth-order valence-corrected chi connectivity index (χ4v) is 3.80. The minimum atomic E-state index is -0.396. The van der Waals surface area contributed by atoms with Gasteiger partial charge in [0.1, 0.15) is 0 Å². The van der Waals surface area contributed by atoms with E-state index in [1.165, 1.54) is 0 Å². The number of carbonyl (C=O) groups excluding carboxylic acids is 1. The van der Waals surface area contributed by atoms with Gasteiger partial charge in [0.2, 0.25) is 5.95 Å². The van der Waals surface area contributed by atoms with E-state index in [0.29, 0.717) is 18.2 Å². The first kappa shape index (κ1) is 18.2. The minimum absolute atomic E-state index is 0.281. The molecule has 0 atom stereocenters. The first-order valence-corrected chi connectivity index (χ1v) is 9.33. The van der Waals surface area contributed by atoms with E-state index < -0.39 is 5.97 Å². The van der Waals surface area contributed by atoms with Crippen LogP contribution < -0.4 is 5.32 Å². The molecule has 0 unspecified atom stereocenters. The van der Waals surface area contributed by atoms with Crippen molar-refractivity contribution < 1.29 is 9.53 Å². The third kappa shape index (κ3) is 3.02. The molecule has 7 heteroatoms. The highest BCUT2D eigenvalue weighted by Gasteiger charge is 2.40. The van der Waals surface area contributed by atoms with Gasteiger partial charge in [0.15, 0.2) is 5.69 Å². The zero-order chi connectivity index (χ0) is 19.9. The minimum Gasteiger partial charge on any atom is -0.461 e. The van der Waals surface area contributed by atoms with Gasteiger partial charge in [-0.25, -0.2) is 14.8 Å². The zero-order valence-electron chi connectivity index (χ0n) is 16.5. The van der Waals surface area contributed by atoms with E-state index in [1.54, 1.807) is 11.6 Å². The number of hydrogen-bond donors (Lipinski definition) is 1. The van der Waals surface area contributed by atoms with Gasteiger partial charge in [0.25, 0.3) is 0 Å². The fourth-order valence-electron chi connectivity index (χ4n) is 3.80. The van der Waals surface area contributed by atoms with Gasteiger partial charge in [-0.05, 0) is 36.5 Å². The summed E-state index contributed by atoms with van der Waals surface area (Å²) >= 11 is 0. The lowest BCUT2D eigenvalue weighted by Crippen LogP contribution is -2.28. The van der Waals surface area contributed by atoms with E-state index in [2.05, 4.69) is 29.2 Å². The molecule has 0 aliphatic heterocycles. The maximum atomic E-state index is 12.5. The second kappa shape index (κ2) is 6.74. The van der Waals surface area contributed by atoms with Crippen LogP contribution in [-0.2, 0) is 23.6 Å². The van der Waals surface area contributed by atoms with Crippen molar-refractivity contribution in [1.82, 2.24) is 19.7 Å². The molecule has 144 valence electrons. The Bertz CT molecular complexity index is 1040. The number of anilines is 2. The summed E-state index contributed by atoms with van der Waals surface area (Å²) in [6, 6.07) is 9.78. The number of rotatable bonds is 4. The third-order valence-electron chi connectivity index (χ3n) is 4.94. The van der Waals surface area contributed by atoms with E-state index in [9.17, 15) is 4.79 Å². The van der Waals surface area contributed by atoms with Crippen LogP contribution in [-0.4, -0.2) is 32.3 Å². The Morgan fingerprint density at radius 2 is 2.04 bits per heavy atom. The van der Waals surface area contributed by atoms with Crippen LogP contribution in [0.1, 0.15) is 42.4 Å². The second-order valence-electron chi connectivity index (χ2n) is 7.54. The molecule has 0 saturated carbocycles. The number of para-hydroxylation sites is 1. The molecule has 3 aromatic rings. The van der Waals surface area contributed by atoms with Gasteiger partial charge in [-0.2, -0.15) is 5.10 Å². The van der Waals surface area contributed by atoms with Crippen LogP contribution in [0.2, 0.25) is 0 Å². The summed E-state index contributed by atoms with van der Waals surface area (Å²) in [5.41, 5.74) is 4.55. The number of carbonyl (C=O) groups is 1. The van der Waals surface area contributed by atoms with Crippen LogP contribution in [0.15, 0.2) is 36.5 Å². The largest absolute Gasteiger partial charge is 0.461 e. The molecule has 2 heterocycles. The molecule has 1 N–H and O–H groups in total. The van der Waals surface area contributed by atoms with Gasteiger partial charge in [-0.1, -0.05) is 32.0 Å². The molecular weight excluding hydrogens is 354 g/mol.